The Kier molecular flexibility index (Phi) is 3.53. The minimum absolute atomic E-state index is 0.223. The number of hydrogen-bond acceptors (Lipinski definition) is 1. The fraction of sp³-hybridized carbons (Fsp3) is 0.467. The van der Waals surface area contributed by atoms with Crippen molar-refractivity contribution in [2.24, 2.45) is 11.7 Å². The molecule has 1 atom stereocenters. The third-order valence-corrected chi connectivity index (χ3v) is 2.96. The van der Waals surface area contributed by atoms with E-state index in [0.717, 1.165) is 13.0 Å². The molecule has 1 unspecified atom stereocenters. The molecule has 0 aliphatic heterocycles. The van der Waals surface area contributed by atoms with Crippen LogP contribution in [0.3, 0.4) is 0 Å². The summed E-state index contributed by atoms with van der Waals surface area (Å²) in [6.07, 6.45) is 3.13. The average Bonchev–Trinajstić information content (AvgIpc) is 2.59. The second-order valence-corrected chi connectivity index (χ2v) is 5.44. The van der Waals surface area contributed by atoms with Crippen LogP contribution in [0.2, 0.25) is 0 Å². The van der Waals surface area contributed by atoms with Gasteiger partial charge in [0.1, 0.15) is 0 Å². The first-order valence-corrected chi connectivity index (χ1v) is 6.39. The first-order chi connectivity index (χ1) is 8.06. The summed E-state index contributed by atoms with van der Waals surface area (Å²) < 4.78 is 2.34. The van der Waals surface area contributed by atoms with Gasteiger partial charge in [0, 0.05) is 24.3 Å². The van der Waals surface area contributed by atoms with Gasteiger partial charge in [-0.15, -0.1) is 0 Å². The molecule has 2 heteroatoms. The lowest BCUT2D eigenvalue weighted by atomic mass is 10.1. The zero-order chi connectivity index (χ0) is 12.4. The maximum atomic E-state index is 5.86. The van der Waals surface area contributed by atoms with Crippen LogP contribution in [0.5, 0.6) is 0 Å². The summed E-state index contributed by atoms with van der Waals surface area (Å²) in [5.74, 6) is 0.669. The van der Waals surface area contributed by atoms with Crippen molar-refractivity contribution in [3.05, 3.63) is 36.0 Å². The second-order valence-electron chi connectivity index (χ2n) is 5.44. The van der Waals surface area contributed by atoms with Crippen molar-refractivity contribution in [1.82, 2.24) is 4.57 Å². The van der Waals surface area contributed by atoms with E-state index in [4.69, 9.17) is 5.73 Å². The molecule has 1 aromatic heterocycles. The Hall–Kier alpha value is -1.28. The molecule has 2 rings (SSSR count). The lowest BCUT2D eigenvalue weighted by Gasteiger charge is -2.10. The smallest absolute Gasteiger partial charge is 0.0483 e. The molecule has 2 nitrogen and oxygen atoms in total. The van der Waals surface area contributed by atoms with Crippen LogP contribution in [0.1, 0.15) is 26.3 Å². The number of fused-ring (bicyclic) bond motifs is 1. The van der Waals surface area contributed by atoms with E-state index in [-0.39, 0.29) is 6.04 Å². The lowest BCUT2D eigenvalue weighted by Crippen LogP contribution is -2.17. The maximum absolute atomic E-state index is 5.86. The van der Waals surface area contributed by atoms with E-state index < -0.39 is 0 Å². The first kappa shape index (κ1) is 12.2. The molecule has 2 N–H and O–H groups in total. The van der Waals surface area contributed by atoms with Crippen molar-refractivity contribution >= 4 is 10.9 Å². The SMILES string of the molecule is CC(C)Cn1ccc2ccc(CC(C)N)cc21. The molecule has 1 heterocycles. The Labute approximate surface area is 103 Å². The molecule has 0 aliphatic carbocycles. The molecule has 92 valence electrons. The van der Waals surface area contributed by atoms with E-state index >= 15 is 0 Å². The summed E-state index contributed by atoms with van der Waals surface area (Å²) >= 11 is 0. The number of rotatable bonds is 4. The van der Waals surface area contributed by atoms with E-state index in [1.54, 1.807) is 0 Å². The molecule has 2 aromatic rings. The molecule has 0 radical (unpaired) electrons. The first-order valence-electron chi connectivity index (χ1n) is 6.39. The molecule has 0 spiro atoms. The number of nitrogens with zero attached hydrogens (tertiary/aromatic N) is 1. The van der Waals surface area contributed by atoms with Gasteiger partial charge in [0.2, 0.25) is 0 Å². The van der Waals surface area contributed by atoms with Crippen LogP contribution < -0.4 is 5.73 Å². The second kappa shape index (κ2) is 4.92. The monoisotopic (exact) mass is 230 g/mol. The van der Waals surface area contributed by atoms with Crippen molar-refractivity contribution in [3.8, 4) is 0 Å². The van der Waals surface area contributed by atoms with Crippen LogP contribution in [0, 0.1) is 5.92 Å². The van der Waals surface area contributed by atoms with Gasteiger partial charge in [-0.05, 0) is 42.3 Å². The highest BCUT2D eigenvalue weighted by atomic mass is 15.0. The van der Waals surface area contributed by atoms with E-state index in [9.17, 15) is 0 Å². The largest absolute Gasteiger partial charge is 0.347 e. The van der Waals surface area contributed by atoms with Crippen molar-refractivity contribution in [3.63, 3.8) is 0 Å². The van der Waals surface area contributed by atoms with E-state index in [1.165, 1.54) is 16.5 Å². The third kappa shape index (κ3) is 2.89. The van der Waals surface area contributed by atoms with Crippen molar-refractivity contribution in [1.29, 1.82) is 0 Å². The van der Waals surface area contributed by atoms with Gasteiger partial charge in [-0.25, -0.2) is 0 Å². The zero-order valence-corrected chi connectivity index (χ0v) is 11.0. The number of nitrogens with two attached hydrogens (primary N) is 1. The van der Waals surface area contributed by atoms with Gasteiger partial charge in [-0.3, -0.25) is 0 Å². The Balaban J connectivity index is 2.36. The van der Waals surface area contributed by atoms with Crippen LogP contribution >= 0.6 is 0 Å². The Bertz CT molecular complexity index is 495. The van der Waals surface area contributed by atoms with Gasteiger partial charge < -0.3 is 10.3 Å². The summed E-state index contributed by atoms with van der Waals surface area (Å²) in [7, 11) is 0. The van der Waals surface area contributed by atoms with Gasteiger partial charge in [0.15, 0.2) is 0 Å². The van der Waals surface area contributed by atoms with Gasteiger partial charge >= 0.3 is 0 Å². The summed E-state index contributed by atoms with van der Waals surface area (Å²) in [6, 6.07) is 9.07. The number of benzene rings is 1. The highest BCUT2D eigenvalue weighted by Crippen LogP contribution is 2.19. The van der Waals surface area contributed by atoms with Gasteiger partial charge in [0.25, 0.3) is 0 Å². The van der Waals surface area contributed by atoms with E-state index in [2.05, 4.69) is 55.8 Å². The summed E-state index contributed by atoms with van der Waals surface area (Å²) in [4.78, 5) is 0. The molecule has 17 heavy (non-hydrogen) atoms. The van der Waals surface area contributed by atoms with Crippen LogP contribution in [0.25, 0.3) is 10.9 Å². The fourth-order valence-corrected chi connectivity index (χ4v) is 2.28. The van der Waals surface area contributed by atoms with Crippen LogP contribution in [0.4, 0.5) is 0 Å². The van der Waals surface area contributed by atoms with E-state index in [0.29, 0.717) is 5.92 Å². The van der Waals surface area contributed by atoms with Crippen LogP contribution in [0.15, 0.2) is 30.5 Å². The van der Waals surface area contributed by atoms with Gasteiger partial charge in [0.05, 0.1) is 0 Å². The van der Waals surface area contributed by atoms with Crippen LogP contribution in [-0.4, -0.2) is 10.6 Å². The van der Waals surface area contributed by atoms with Crippen molar-refractivity contribution in [2.45, 2.75) is 39.8 Å². The summed E-state index contributed by atoms with van der Waals surface area (Å²) in [5, 5.41) is 1.32. The topological polar surface area (TPSA) is 30.9 Å². The summed E-state index contributed by atoms with van der Waals surface area (Å²) in [6.45, 7) is 7.62. The third-order valence-electron chi connectivity index (χ3n) is 2.96. The molecule has 0 fully saturated rings. The van der Waals surface area contributed by atoms with Crippen LogP contribution in [-0.2, 0) is 13.0 Å². The highest BCUT2D eigenvalue weighted by molar-refractivity contribution is 5.80. The average molecular weight is 230 g/mol. The molecule has 0 bridgehead atoms. The Morgan fingerprint density at radius 3 is 2.59 bits per heavy atom. The maximum Gasteiger partial charge on any atom is 0.0483 e. The lowest BCUT2D eigenvalue weighted by molar-refractivity contribution is 0.535. The van der Waals surface area contributed by atoms with Crippen molar-refractivity contribution in [2.75, 3.05) is 0 Å². The number of hydrogen-bond donors (Lipinski definition) is 1. The molecule has 0 aliphatic rings. The fourth-order valence-electron chi connectivity index (χ4n) is 2.28. The predicted octanol–water partition coefficient (Wildman–Crippen LogP) is 3.19. The van der Waals surface area contributed by atoms with Crippen molar-refractivity contribution < 1.29 is 0 Å². The number of aromatic nitrogens is 1. The minimum Gasteiger partial charge on any atom is -0.347 e. The molecule has 0 amide bonds. The predicted molar refractivity (Wildman–Crippen MR) is 74.1 cm³/mol. The Morgan fingerprint density at radius 1 is 1.18 bits per heavy atom. The Morgan fingerprint density at radius 2 is 1.94 bits per heavy atom. The molecular formula is C15H22N2. The molecular weight excluding hydrogens is 208 g/mol. The molecule has 1 aromatic carbocycles. The minimum atomic E-state index is 0.223. The normalized spacial score (nSPS) is 13.5. The quantitative estimate of drug-likeness (QED) is 0.859. The molecule has 0 saturated carbocycles. The van der Waals surface area contributed by atoms with E-state index in [1.807, 2.05) is 0 Å². The zero-order valence-electron chi connectivity index (χ0n) is 11.0. The summed E-state index contributed by atoms with van der Waals surface area (Å²) in [5.41, 5.74) is 8.52. The molecule has 0 saturated heterocycles. The van der Waals surface area contributed by atoms with Gasteiger partial charge in [-0.1, -0.05) is 26.0 Å². The van der Waals surface area contributed by atoms with Gasteiger partial charge in [-0.2, -0.15) is 0 Å². The standard InChI is InChI=1S/C15H22N2/c1-11(2)10-17-7-6-14-5-4-13(8-12(3)16)9-15(14)17/h4-7,9,11-12H,8,10,16H2,1-3H3. The highest BCUT2D eigenvalue weighted by Gasteiger charge is 2.05.